The molecule has 1 heterocycles. The lowest BCUT2D eigenvalue weighted by Crippen LogP contribution is -2.00. The van der Waals surface area contributed by atoms with Crippen molar-refractivity contribution in [2.75, 3.05) is 7.11 Å². The maximum absolute atomic E-state index is 6.27. The van der Waals surface area contributed by atoms with Crippen LogP contribution in [0.15, 0.2) is 91.1 Å². The Balaban J connectivity index is 1.69. The van der Waals surface area contributed by atoms with Crippen molar-refractivity contribution in [2.24, 2.45) is 0 Å². The third-order valence-electron chi connectivity index (χ3n) is 5.12. The van der Waals surface area contributed by atoms with Crippen molar-refractivity contribution in [1.29, 1.82) is 0 Å². The van der Waals surface area contributed by atoms with E-state index in [9.17, 15) is 0 Å². The molecule has 0 spiro atoms. The molecule has 0 bridgehead atoms. The van der Waals surface area contributed by atoms with Gasteiger partial charge in [-0.15, -0.1) is 0 Å². The van der Waals surface area contributed by atoms with Gasteiger partial charge in [-0.25, -0.2) is 4.68 Å². The fourth-order valence-electron chi connectivity index (χ4n) is 3.64. The van der Waals surface area contributed by atoms with Crippen LogP contribution in [0.5, 0.6) is 17.2 Å². The zero-order valence-corrected chi connectivity index (χ0v) is 18.6. The summed E-state index contributed by atoms with van der Waals surface area (Å²) in [5, 5.41) is 7.82. The highest BCUT2D eigenvalue weighted by molar-refractivity contribution is 6.34. The van der Waals surface area contributed by atoms with E-state index in [4.69, 9.17) is 32.7 Å². The molecule has 4 nitrogen and oxygen atoms in total. The second kappa shape index (κ2) is 8.58. The summed E-state index contributed by atoms with van der Waals surface area (Å²) in [7, 11) is 1.66. The molecule has 0 radical (unpaired) electrons. The summed E-state index contributed by atoms with van der Waals surface area (Å²) >= 11 is 12.5. The summed E-state index contributed by atoms with van der Waals surface area (Å²) in [5.74, 6) is 2.17. The average Bonchev–Trinajstić information content (AvgIpc) is 3.22. The van der Waals surface area contributed by atoms with Crippen molar-refractivity contribution in [3.63, 3.8) is 0 Å². The Hall–Kier alpha value is -3.47. The van der Waals surface area contributed by atoms with Gasteiger partial charge in [-0.2, -0.15) is 5.10 Å². The molecule has 0 saturated heterocycles. The molecule has 1 aromatic heterocycles. The molecule has 0 amide bonds. The molecule has 0 atom stereocenters. The van der Waals surface area contributed by atoms with Gasteiger partial charge in [0.1, 0.15) is 17.2 Å². The summed E-state index contributed by atoms with van der Waals surface area (Å²) < 4.78 is 13.3. The number of benzene rings is 4. The first-order valence-corrected chi connectivity index (χ1v) is 10.7. The second-order valence-electron chi connectivity index (χ2n) is 7.24. The fraction of sp³-hybridized carbons (Fsp3) is 0.0385. The van der Waals surface area contributed by atoms with Gasteiger partial charge in [0.2, 0.25) is 0 Å². The van der Waals surface area contributed by atoms with Gasteiger partial charge in [0.15, 0.2) is 5.75 Å². The topological polar surface area (TPSA) is 36.3 Å². The van der Waals surface area contributed by atoms with Crippen LogP contribution in [0.25, 0.3) is 27.7 Å². The highest BCUT2D eigenvalue weighted by Crippen LogP contribution is 2.37. The quantitative estimate of drug-likeness (QED) is 0.268. The van der Waals surface area contributed by atoms with Crippen molar-refractivity contribution in [3.05, 3.63) is 101 Å². The number of ether oxygens (including phenoxy) is 2. The van der Waals surface area contributed by atoms with Gasteiger partial charge in [0.25, 0.3) is 0 Å². The fourth-order valence-corrected chi connectivity index (χ4v) is 4.16. The Kier molecular flexibility index (Phi) is 5.48. The van der Waals surface area contributed by atoms with Gasteiger partial charge in [0, 0.05) is 15.6 Å². The first-order chi connectivity index (χ1) is 15.6. The van der Waals surface area contributed by atoms with Gasteiger partial charge in [-0.3, -0.25) is 0 Å². The van der Waals surface area contributed by atoms with Crippen molar-refractivity contribution in [1.82, 2.24) is 9.78 Å². The molecule has 158 valence electrons. The van der Waals surface area contributed by atoms with Crippen LogP contribution in [-0.4, -0.2) is 16.9 Å². The average molecular weight is 461 g/mol. The van der Waals surface area contributed by atoms with Crippen LogP contribution in [0.3, 0.4) is 0 Å². The predicted octanol–water partition coefficient (Wildman–Crippen LogP) is 7.80. The number of rotatable bonds is 5. The molecule has 0 aliphatic rings. The Morgan fingerprint density at radius 2 is 1.47 bits per heavy atom. The van der Waals surface area contributed by atoms with E-state index in [1.165, 1.54) is 0 Å². The first kappa shape index (κ1) is 20.4. The lowest BCUT2D eigenvalue weighted by atomic mass is 10.0. The van der Waals surface area contributed by atoms with Crippen LogP contribution in [-0.2, 0) is 0 Å². The van der Waals surface area contributed by atoms with E-state index in [2.05, 4.69) is 17.2 Å². The first-order valence-electron chi connectivity index (χ1n) is 9.96. The van der Waals surface area contributed by atoms with E-state index in [1.807, 2.05) is 66.7 Å². The Labute approximate surface area is 195 Å². The largest absolute Gasteiger partial charge is 0.497 e. The molecule has 32 heavy (non-hydrogen) atoms. The smallest absolute Gasteiger partial charge is 0.173 e. The molecule has 4 aromatic carbocycles. The Morgan fingerprint density at radius 1 is 0.750 bits per heavy atom. The number of hydrogen-bond donors (Lipinski definition) is 0. The number of para-hydroxylation sites is 1. The molecule has 5 rings (SSSR count). The predicted molar refractivity (Wildman–Crippen MR) is 130 cm³/mol. The normalized spacial score (nSPS) is 11.0. The SMILES string of the molecule is COc1ccc2cc(-c3c(Oc4ccccc4)cnn3-c3cc(Cl)cc(Cl)c3)ccc2c1. The molecule has 0 aliphatic heterocycles. The molecule has 0 unspecified atom stereocenters. The molecule has 0 aliphatic carbocycles. The number of aromatic nitrogens is 2. The van der Waals surface area contributed by atoms with Crippen molar-refractivity contribution >= 4 is 34.0 Å². The van der Waals surface area contributed by atoms with Crippen molar-refractivity contribution in [2.45, 2.75) is 0 Å². The van der Waals surface area contributed by atoms with Crippen LogP contribution in [0, 0.1) is 0 Å². The molecule has 0 fully saturated rings. The minimum absolute atomic E-state index is 0.532. The standard InChI is InChI=1S/C26H18Cl2N2O2/c1-31-24-10-9-17-11-19(8-7-18(17)12-24)26-25(32-23-5-3-2-4-6-23)16-29-30(26)22-14-20(27)13-21(28)15-22/h2-16H,1H3. The number of hydrogen-bond acceptors (Lipinski definition) is 3. The second-order valence-corrected chi connectivity index (χ2v) is 8.11. The van der Waals surface area contributed by atoms with E-state index in [0.717, 1.165) is 39.2 Å². The van der Waals surface area contributed by atoms with Gasteiger partial charge < -0.3 is 9.47 Å². The molecule has 0 N–H and O–H groups in total. The minimum Gasteiger partial charge on any atom is -0.497 e. The third-order valence-corrected chi connectivity index (χ3v) is 5.56. The van der Waals surface area contributed by atoms with Gasteiger partial charge in [-0.05, 0) is 59.3 Å². The number of fused-ring (bicyclic) bond motifs is 1. The zero-order chi connectivity index (χ0) is 22.1. The van der Waals surface area contributed by atoms with Crippen LogP contribution in [0.1, 0.15) is 0 Å². The minimum atomic E-state index is 0.532. The lowest BCUT2D eigenvalue weighted by Gasteiger charge is -2.13. The van der Waals surface area contributed by atoms with E-state index in [1.54, 1.807) is 24.1 Å². The van der Waals surface area contributed by atoms with Gasteiger partial charge >= 0.3 is 0 Å². The van der Waals surface area contributed by atoms with E-state index < -0.39 is 0 Å². The van der Waals surface area contributed by atoms with E-state index in [-0.39, 0.29) is 0 Å². The zero-order valence-electron chi connectivity index (χ0n) is 17.1. The summed E-state index contributed by atoms with van der Waals surface area (Å²) in [4.78, 5) is 0. The van der Waals surface area contributed by atoms with Crippen molar-refractivity contribution in [3.8, 4) is 34.2 Å². The summed E-state index contributed by atoms with van der Waals surface area (Å²) in [6.45, 7) is 0. The summed E-state index contributed by atoms with van der Waals surface area (Å²) in [5.41, 5.74) is 2.49. The molecule has 5 aromatic rings. The van der Waals surface area contributed by atoms with Crippen LogP contribution in [0.2, 0.25) is 10.0 Å². The van der Waals surface area contributed by atoms with Crippen LogP contribution >= 0.6 is 23.2 Å². The number of nitrogens with zero attached hydrogens (tertiary/aromatic N) is 2. The number of methoxy groups -OCH3 is 1. The monoisotopic (exact) mass is 460 g/mol. The lowest BCUT2D eigenvalue weighted by molar-refractivity contribution is 0.415. The van der Waals surface area contributed by atoms with E-state index >= 15 is 0 Å². The summed E-state index contributed by atoms with van der Waals surface area (Å²) in [6.07, 6.45) is 1.70. The Morgan fingerprint density at radius 3 is 2.22 bits per heavy atom. The van der Waals surface area contributed by atoms with Crippen LogP contribution < -0.4 is 9.47 Å². The maximum Gasteiger partial charge on any atom is 0.173 e. The third kappa shape index (κ3) is 4.03. The number of halogens is 2. The maximum atomic E-state index is 6.27. The molecule has 6 heteroatoms. The highest BCUT2D eigenvalue weighted by Gasteiger charge is 2.18. The Bertz CT molecular complexity index is 1390. The van der Waals surface area contributed by atoms with Gasteiger partial charge in [0.05, 0.1) is 19.0 Å². The molecular formula is C26H18Cl2N2O2. The van der Waals surface area contributed by atoms with Gasteiger partial charge in [-0.1, -0.05) is 59.6 Å². The highest BCUT2D eigenvalue weighted by atomic mass is 35.5. The summed E-state index contributed by atoms with van der Waals surface area (Å²) in [6, 6.07) is 27.1. The van der Waals surface area contributed by atoms with Crippen molar-refractivity contribution < 1.29 is 9.47 Å². The van der Waals surface area contributed by atoms with Crippen LogP contribution in [0.4, 0.5) is 0 Å². The molecule has 0 saturated carbocycles. The molecular weight excluding hydrogens is 443 g/mol. The van der Waals surface area contributed by atoms with E-state index in [0.29, 0.717) is 15.8 Å².